The molecule has 2 nitrogen and oxygen atoms in total. The lowest BCUT2D eigenvalue weighted by molar-refractivity contribution is -0.131. The molecule has 15 heavy (non-hydrogen) atoms. The van der Waals surface area contributed by atoms with Crippen molar-refractivity contribution in [3.8, 4) is 0 Å². The number of Topliss-reactive ketones (excluding diaryl/α,β-unsaturated/α-hetero) is 2. The molecule has 0 amide bonds. The fourth-order valence-electron chi connectivity index (χ4n) is 1.93. The summed E-state index contributed by atoms with van der Waals surface area (Å²) in [4.78, 5) is 23.2. The Balaban J connectivity index is 2.31. The predicted octanol–water partition coefficient (Wildman–Crippen LogP) is 2.23. The first-order chi connectivity index (χ1) is 7.18. The zero-order chi connectivity index (χ0) is 10.8. The van der Waals surface area contributed by atoms with Crippen molar-refractivity contribution < 1.29 is 14.0 Å². The minimum atomic E-state index is -0.653. The number of benzene rings is 1. The van der Waals surface area contributed by atoms with Gasteiger partial charge in [0.05, 0.1) is 0 Å². The van der Waals surface area contributed by atoms with Crippen molar-refractivity contribution >= 4 is 11.6 Å². The number of carbonyl (C=O) groups is 2. The quantitative estimate of drug-likeness (QED) is 0.660. The van der Waals surface area contributed by atoms with E-state index in [-0.39, 0.29) is 17.4 Å². The summed E-state index contributed by atoms with van der Waals surface area (Å²) in [5, 5.41) is 0. The molecule has 0 saturated heterocycles. The molecule has 1 aliphatic carbocycles. The van der Waals surface area contributed by atoms with E-state index in [1.165, 1.54) is 24.3 Å². The van der Waals surface area contributed by atoms with Gasteiger partial charge in [-0.25, -0.2) is 4.39 Å². The SMILES string of the molecule is O=C1CCCC(=O)C1c1ccc(F)cc1. The second kappa shape index (κ2) is 3.93. The van der Waals surface area contributed by atoms with E-state index in [4.69, 9.17) is 0 Å². The fourth-order valence-corrected chi connectivity index (χ4v) is 1.93. The lowest BCUT2D eigenvalue weighted by Crippen LogP contribution is -2.26. The maximum atomic E-state index is 12.7. The minimum Gasteiger partial charge on any atom is -0.299 e. The third kappa shape index (κ3) is 1.96. The summed E-state index contributed by atoms with van der Waals surface area (Å²) >= 11 is 0. The van der Waals surface area contributed by atoms with Gasteiger partial charge in [-0.15, -0.1) is 0 Å². The normalized spacial score (nSPS) is 18.2. The van der Waals surface area contributed by atoms with E-state index in [0.29, 0.717) is 24.8 Å². The highest BCUT2D eigenvalue weighted by atomic mass is 19.1. The standard InChI is InChI=1S/C12H11FO2/c13-9-6-4-8(5-7-9)12-10(14)2-1-3-11(12)15/h4-7,12H,1-3H2. The van der Waals surface area contributed by atoms with Gasteiger partial charge >= 0.3 is 0 Å². The van der Waals surface area contributed by atoms with Gasteiger partial charge in [-0.3, -0.25) is 9.59 Å². The molecule has 0 N–H and O–H groups in total. The topological polar surface area (TPSA) is 34.1 Å². The molecular formula is C12H11FO2. The number of carbonyl (C=O) groups excluding carboxylic acids is 2. The molecule has 1 aromatic rings. The zero-order valence-electron chi connectivity index (χ0n) is 8.20. The Hall–Kier alpha value is -1.51. The van der Waals surface area contributed by atoms with Gasteiger partial charge in [0.25, 0.3) is 0 Å². The Morgan fingerprint density at radius 2 is 1.53 bits per heavy atom. The molecular weight excluding hydrogens is 195 g/mol. The Kier molecular flexibility index (Phi) is 2.62. The van der Waals surface area contributed by atoms with Crippen molar-refractivity contribution in [3.05, 3.63) is 35.6 Å². The molecule has 0 atom stereocenters. The molecule has 3 heteroatoms. The largest absolute Gasteiger partial charge is 0.299 e. The summed E-state index contributed by atoms with van der Waals surface area (Å²) in [5.74, 6) is -1.09. The summed E-state index contributed by atoms with van der Waals surface area (Å²) in [6.07, 6.45) is 1.55. The van der Waals surface area contributed by atoms with Crippen LogP contribution in [0.15, 0.2) is 24.3 Å². The molecule has 0 bridgehead atoms. The Morgan fingerprint density at radius 3 is 2.07 bits per heavy atom. The predicted molar refractivity (Wildman–Crippen MR) is 53.0 cm³/mol. The van der Waals surface area contributed by atoms with Crippen molar-refractivity contribution in [2.24, 2.45) is 0 Å². The smallest absolute Gasteiger partial charge is 0.147 e. The van der Waals surface area contributed by atoms with E-state index < -0.39 is 5.92 Å². The lowest BCUT2D eigenvalue weighted by Gasteiger charge is -2.19. The molecule has 0 aliphatic heterocycles. The highest BCUT2D eigenvalue weighted by Crippen LogP contribution is 2.27. The molecule has 0 spiro atoms. The summed E-state index contributed by atoms with van der Waals surface area (Å²) in [5.41, 5.74) is 0.617. The van der Waals surface area contributed by atoms with Gasteiger partial charge in [0, 0.05) is 12.8 Å². The Bertz CT molecular complexity index is 379. The van der Waals surface area contributed by atoms with E-state index in [1.807, 2.05) is 0 Å². The molecule has 1 fully saturated rings. The van der Waals surface area contributed by atoms with Gasteiger partial charge in [-0.05, 0) is 24.1 Å². The van der Waals surface area contributed by atoms with E-state index in [2.05, 4.69) is 0 Å². The second-order valence-electron chi connectivity index (χ2n) is 3.77. The molecule has 2 rings (SSSR count). The van der Waals surface area contributed by atoms with Crippen LogP contribution in [-0.2, 0) is 9.59 Å². The van der Waals surface area contributed by atoms with Gasteiger partial charge < -0.3 is 0 Å². The van der Waals surface area contributed by atoms with E-state index in [1.54, 1.807) is 0 Å². The fraction of sp³-hybridized carbons (Fsp3) is 0.333. The van der Waals surface area contributed by atoms with Crippen LogP contribution >= 0.6 is 0 Å². The van der Waals surface area contributed by atoms with Gasteiger partial charge in [0.1, 0.15) is 23.3 Å². The van der Waals surface area contributed by atoms with Crippen molar-refractivity contribution in [1.29, 1.82) is 0 Å². The lowest BCUT2D eigenvalue weighted by atomic mass is 9.82. The molecule has 78 valence electrons. The van der Waals surface area contributed by atoms with Crippen LogP contribution in [0.4, 0.5) is 4.39 Å². The van der Waals surface area contributed by atoms with Crippen LogP contribution in [0, 0.1) is 5.82 Å². The maximum Gasteiger partial charge on any atom is 0.147 e. The van der Waals surface area contributed by atoms with E-state index in [9.17, 15) is 14.0 Å². The number of halogens is 1. The maximum absolute atomic E-state index is 12.7. The van der Waals surface area contributed by atoms with Crippen LogP contribution in [0.3, 0.4) is 0 Å². The third-order valence-corrected chi connectivity index (χ3v) is 2.69. The number of rotatable bonds is 1. The van der Waals surface area contributed by atoms with Crippen LogP contribution in [0.5, 0.6) is 0 Å². The van der Waals surface area contributed by atoms with Gasteiger partial charge in [-0.2, -0.15) is 0 Å². The van der Waals surface area contributed by atoms with Crippen molar-refractivity contribution in [2.75, 3.05) is 0 Å². The molecule has 1 saturated carbocycles. The Labute approximate surface area is 87.1 Å². The van der Waals surface area contributed by atoms with E-state index >= 15 is 0 Å². The first-order valence-corrected chi connectivity index (χ1v) is 4.99. The van der Waals surface area contributed by atoms with Gasteiger partial charge in [-0.1, -0.05) is 12.1 Å². The number of hydrogen-bond acceptors (Lipinski definition) is 2. The summed E-state index contributed by atoms with van der Waals surface area (Å²) in [7, 11) is 0. The van der Waals surface area contributed by atoms with Crippen LogP contribution in [0.25, 0.3) is 0 Å². The van der Waals surface area contributed by atoms with Gasteiger partial charge in [0.2, 0.25) is 0 Å². The molecule has 1 aliphatic rings. The summed E-state index contributed by atoms with van der Waals surface area (Å²) in [6.45, 7) is 0. The summed E-state index contributed by atoms with van der Waals surface area (Å²) in [6, 6.07) is 5.59. The van der Waals surface area contributed by atoms with Crippen molar-refractivity contribution in [1.82, 2.24) is 0 Å². The highest BCUT2D eigenvalue weighted by Gasteiger charge is 2.30. The average molecular weight is 206 g/mol. The van der Waals surface area contributed by atoms with Crippen molar-refractivity contribution in [2.45, 2.75) is 25.2 Å². The average Bonchev–Trinajstić information content (AvgIpc) is 2.20. The number of ketones is 2. The Morgan fingerprint density at radius 1 is 1.00 bits per heavy atom. The second-order valence-corrected chi connectivity index (χ2v) is 3.77. The van der Waals surface area contributed by atoms with Crippen molar-refractivity contribution in [3.63, 3.8) is 0 Å². The monoisotopic (exact) mass is 206 g/mol. The molecule has 0 aromatic heterocycles. The number of hydrogen-bond donors (Lipinski definition) is 0. The molecule has 0 radical (unpaired) electrons. The zero-order valence-corrected chi connectivity index (χ0v) is 8.20. The molecule has 0 heterocycles. The van der Waals surface area contributed by atoms with Crippen LogP contribution in [-0.4, -0.2) is 11.6 Å². The van der Waals surface area contributed by atoms with Gasteiger partial charge in [0.15, 0.2) is 0 Å². The third-order valence-electron chi connectivity index (χ3n) is 2.69. The van der Waals surface area contributed by atoms with Crippen LogP contribution in [0.1, 0.15) is 30.7 Å². The van der Waals surface area contributed by atoms with Crippen LogP contribution < -0.4 is 0 Å². The molecule has 1 aromatic carbocycles. The molecule has 0 unspecified atom stereocenters. The van der Waals surface area contributed by atoms with Crippen LogP contribution in [0.2, 0.25) is 0 Å². The first kappa shape index (κ1) is 10.0. The summed E-state index contributed by atoms with van der Waals surface area (Å²) < 4.78 is 12.7. The minimum absolute atomic E-state index is 0.0436. The highest BCUT2D eigenvalue weighted by molar-refractivity contribution is 6.09. The first-order valence-electron chi connectivity index (χ1n) is 4.99. The van der Waals surface area contributed by atoms with E-state index in [0.717, 1.165) is 0 Å².